The number of rotatable bonds is 5. The van der Waals surface area contributed by atoms with Gasteiger partial charge in [-0.15, -0.1) is 0 Å². The number of benzene rings is 3. The van der Waals surface area contributed by atoms with Crippen LogP contribution in [0.1, 0.15) is 26.3 Å². The van der Waals surface area contributed by atoms with Crippen molar-refractivity contribution < 1.29 is 9.59 Å². The molecule has 4 aromatic rings. The molecule has 0 radical (unpaired) electrons. The number of nitrogens with zero attached hydrogens (tertiary/aromatic N) is 2. The van der Waals surface area contributed by atoms with E-state index in [0.29, 0.717) is 17.1 Å². The van der Waals surface area contributed by atoms with Crippen molar-refractivity contribution in [3.8, 4) is 5.69 Å². The molecule has 3 aromatic carbocycles. The molecule has 0 unspecified atom stereocenters. The maximum atomic E-state index is 12.9. The van der Waals surface area contributed by atoms with E-state index in [9.17, 15) is 9.59 Å². The summed E-state index contributed by atoms with van der Waals surface area (Å²) in [5, 5.41) is 10.1. The molecule has 6 nitrogen and oxygen atoms in total. The average Bonchev–Trinajstić information content (AvgIpc) is 3.18. The van der Waals surface area contributed by atoms with Crippen LogP contribution in [0, 0.1) is 6.92 Å². The molecule has 0 spiro atoms. The average molecular weight is 396 g/mol. The van der Waals surface area contributed by atoms with Crippen LogP contribution >= 0.6 is 0 Å². The number of anilines is 2. The summed E-state index contributed by atoms with van der Waals surface area (Å²) in [6.07, 6.45) is 1.46. The molecule has 2 N–H and O–H groups in total. The summed E-state index contributed by atoms with van der Waals surface area (Å²) in [6, 6.07) is 25.7. The van der Waals surface area contributed by atoms with Gasteiger partial charge in [-0.2, -0.15) is 5.10 Å². The minimum atomic E-state index is -0.358. The molecule has 1 aromatic heterocycles. The number of para-hydroxylation sites is 2. The molecular weight excluding hydrogens is 376 g/mol. The van der Waals surface area contributed by atoms with Crippen molar-refractivity contribution in [2.24, 2.45) is 0 Å². The van der Waals surface area contributed by atoms with Crippen LogP contribution < -0.4 is 10.6 Å². The van der Waals surface area contributed by atoms with Gasteiger partial charge in [-0.1, -0.05) is 54.1 Å². The molecule has 0 saturated heterocycles. The maximum Gasteiger partial charge on any atom is 0.261 e. The first kappa shape index (κ1) is 19.1. The number of nitrogens with one attached hydrogen (secondary N) is 2. The third kappa shape index (κ3) is 4.12. The van der Waals surface area contributed by atoms with Crippen LogP contribution in [0.2, 0.25) is 0 Å². The first-order valence-corrected chi connectivity index (χ1v) is 9.50. The Balaban J connectivity index is 1.71. The summed E-state index contributed by atoms with van der Waals surface area (Å²) in [6.45, 7) is 1.92. The van der Waals surface area contributed by atoms with Crippen LogP contribution in [0.5, 0.6) is 0 Å². The van der Waals surface area contributed by atoms with E-state index in [1.165, 1.54) is 6.20 Å². The summed E-state index contributed by atoms with van der Waals surface area (Å²) in [5.74, 6) is -0.366. The first-order chi connectivity index (χ1) is 14.6. The van der Waals surface area contributed by atoms with Crippen LogP contribution in [-0.2, 0) is 0 Å². The molecule has 0 saturated carbocycles. The zero-order valence-electron chi connectivity index (χ0n) is 16.4. The van der Waals surface area contributed by atoms with E-state index in [4.69, 9.17) is 0 Å². The number of carbonyl (C=O) groups is 2. The van der Waals surface area contributed by atoms with Gasteiger partial charge in [0.05, 0.1) is 11.9 Å². The van der Waals surface area contributed by atoms with Gasteiger partial charge < -0.3 is 10.6 Å². The van der Waals surface area contributed by atoms with Gasteiger partial charge in [-0.3, -0.25) is 9.59 Å². The Morgan fingerprint density at radius 3 is 2.20 bits per heavy atom. The molecular formula is C24H20N4O2. The number of hydrogen-bond acceptors (Lipinski definition) is 3. The third-order valence-electron chi connectivity index (χ3n) is 4.56. The van der Waals surface area contributed by atoms with E-state index in [1.807, 2.05) is 67.6 Å². The van der Waals surface area contributed by atoms with Crippen molar-refractivity contribution in [1.29, 1.82) is 0 Å². The highest BCUT2D eigenvalue weighted by Crippen LogP contribution is 2.22. The van der Waals surface area contributed by atoms with Crippen LogP contribution in [-0.4, -0.2) is 21.6 Å². The minimum Gasteiger partial charge on any atom is -0.322 e. The highest BCUT2D eigenvalue weighted by molar-refractivity contribution is 6.12. The van der Waals surface area contributed by atoms with E-state index in [2.05, 4.69) is 15.7 Å². The van der Waals surface area contributed by atoms with Gasteiger partial charge in [0.1, 0.15) is 11.4 Å². The van der Waals surface area contributed by atoms with Gasteiger partial charge in [0.25, 0.3) is 11.8 Å². The number of hydrogen-bond donors (Lipinski definition) is 2. The molecule has 2 amide bonds. The van der Waals surface area contributed by atoms with E-state index in [0.717, 1.165) is 11.3 Å². The van der Waals surface area contributed by atoms with Crippen LogP contribution in [0.4, 0.5) is 11.5 Å². The number of amides is 2. The monoisotopic (exact) mass is 396 g/mol. The van der Waals surface area contributed by atoms with Crippen molar-refractivity contribution in [2.75, 3.05) is 10.6 Å². The molecule has 1 heterocycles. The van der Waals surface area contributed by atoms with Gasteiger partial charge in [0, 0.05) is 11.3 Å². The molecule has 0 aliphatic carbocycles. The minimum absolute atomic E-state index is 0.267. The van der Waals surface area contributed by atoms with Crippen molar-refractivity contribution in [3.63, 3.8) is 0 Å². The summed E-state index contributed by atoms with van der Waals surface area (Å²) in [5.41, 5.74) is 3.14. The normalized spacial score (nSPS) is 10.4. The van der Waals surface area contributed by atoms with Gasteiger partial charge >= 0.3 is 0 Å². The highest BCUT2D eigenvalue weighted by Gasteiger charge is 2.21. The standard InChI is InChI=1S/C24H20N4O2/c1-17-9-8-10-18(15-17)23(29)27-22-21(24(30)26-19-11-4-2-5-12-19)16-25-28(22)20-13-6-3-7-14-20/h2-16H,1H3,(H,26,30)(H,27,29). The molecule has 148 valence electrons. The summed E-state index contributed by atoms with van der Waals surface area (Å²) in [7, 11) is 0. The van der Waals surface area contributed by atoms with Crippen molar-refractivity contribution in [1.82, 2.24) is 9.78 Å². The Morgan fingerprint density at radius 2 is 1.50 bits per heavy atom. The largest absolute Gasteiger partial charge is 0.322 e. The lowest BCUT2D eigenvalue weighted by Crippen LogP contribution is -2.19. The highest BCUT2D eigenvalue weighted by atomic mass is 16.2. The van der Waals surface area contributed by atoms with Gasteiger partial charge in [-0.05, 0) is 43.3 Å². The number of aromatic nitrogens is 2. The zero-order valence-corrected chi connectivity index (χ0v) is 16.4. The summed E-state index contributed by atoms with van der Waals surface area (Å²) >= 11 is 0. The summed E-state index contributed by atoms with van der Waals surface area (Å²) < 4.78 is 1.55. The second-order valence-electron chi connectivity index (χ2n) is 6.80. The third-order valence-corrected chi connectivity index (χ3v) is 4.56. The lowest BCUT2D eigenvalue weighted by Gasteiger charge is -2.12. The quantitative estimate of drug-likeness (QED) is 0.514. The van der Waals surface area contributed by atoms with E-state index >= 15 is 0 Å². The first-order valence-electron chi connectivity index (χ1n) is 9.50. The number of carbonyl (C=O) groups excluding carboxylic acids is 2. The Hall–Kier alpha value is -4.19. The molecule has 0 aliphatic rings. The molecule has 6 heteroatoms. The van der Waals surface area contributed by atoms with Crippen LogP contribution in [0.15, 0.2) is 91.1 Å². The second kappa shape index (κ2) is 8.45. The van der Waals surface area contributed by atoms with Crippen molar-refractivity contribution >= 4 is 23.3 Å². The fraction of sp³-hybridized carbons (Fsp3) is 0.0417. The smallest absolute Gasteiger partial charge is 0.261 e. The molecule has 4 rings (SSSR count). The van der Waals surface area contributed by atoms with E-state index < -0.39 is 0 Å². The maximum absolute atomic E-state index is 12.9. The Labute approximate surface area is 174 Å². The Bertz CT molecular complexity index is 1180. The second-order valence-corrected chi connectivity index (χ2v) is 6.80. The molecule has 0 aliphatic heterocycles. The van der Waals surface area contributed by atoms with E-state index in [-0.39, 0.29) is 17.4 Å². The van der Waals surface area contributed by atoms with Crippen molar-refractivity contribution in [3.05, 3.63) is 108 Å². The van der Waals surface area contributed by atoms with Gasteiger partial charge in [-0.25, -0.2) is 4.68 Å². The van der Waals surface area contributed by atoms with Gasteiger partial charge in [0.15, 0.2) is 0 Å². The lowest BCUT2D eigenvalue weighted by molar-refractivity contribution is 0.102. The fourth-order valence-electron chi connectivity index (χ4n) is 3.09. The van der Waals surface area contributed by atoms with Crippen LogP contribution in [0.3, 0.4) is 0 Å². The SMILES string of the molecule is Cc1cccc(C(=O)Nc2c(C(=O)Nc3ccccc3)cnn2-c2ccccc2)c1. The topological polar surface area (TPSA) is 76.0 Å². The van der Waals surface area contributed by atoms with Crippen LogP contribution in [0.25, 0.3) is 5.69 Å². The molecule has 0 atom stereocenters. The fourth-order valence-corrected chi connectivity index (χ4v) is 3.09. The van der Waals surface area contributed by atoms with Crippen molar-refractivity contribution in [2.45, 2.75) is 6.92 Å². The Kier molecular flexibility index (Phi) is 5.39. The molecule has 0 fully saturated rings. The molecule has 0 bridgehead atoms. The predicted molar refractivity (Wildman–Crippen MR) is 117 cm³/mol. The summed E-state index contributed by atoms with van der Waals surface area (Å²) in [4.78, 5) is 25.8. The predicted octanol–water partition coefficient (Wildman–Crippen LogP) is 4.69. The number of aryl methyl sites for hydroxylation is 1. The Morgan fingerprint density at radius 1 is 0.800 bits per heavy atom. The van der Waals surface area contributed by atoms with Gasteiger partial charge in [0.2, 0.25) is 0 Å². The zero-order chi connectivity index (χ0) is 20.9. The van der Waals surface area contributed by atoms with E-state index in [1.54, 1.807) is 28.9 Å². The lowest BCUT2D eigenvalue weighted by atomic mass is 10.1. The molecule has 30 heavy (non-hydrogen) atoms.